The van der Waals surface area contributed by atoms with E-state index in [0.29, 0.717) is 5.69 Å². The summed E-state index contributed by atoms with van der Waals surface area (Å²) >= 11 is 0. The van der Waals surface area contributed by atoms with Gasteiger partial charge in [0.1, 0.15) is 0 Å². The van der Waals surface area contributed by atoms with E-state index in [9.17, 15) is 18.0 Å². The summed E-state index contributed by atoms with van der Waals surface area (Å²) in [4.78, 5) is 16.5. The van der Waals surface area contributed by atoms with Crippen LogP contribution in [0.5, 0.6) is 0 Å². The number of aryl methyl sites for hydroxylation is 2. The first-order chi connectivity index (χ1) is 14.4. The summed E-state index contributed by atoms with van der Waals surface area (Å²) in [6, 6.07) is 13.7. The van der Waals surface area contributed by atoms with E-state index in [4.69, 9.17) is 0 Å². The molecule has 2 amide bonds. The monoisotopic (exact) mass is 411 g/mol. The van der Waals surface area contributed by atoms with Crippen LogP contribution in [0.25, 0.3) is 11.3 Å². The van der Waals surface area contributed by atoms with Crippen molar-refractivity contribution in [2.45, 2.75) is 31.9 Å². The Hall–Kier alpha value is -3.35. The van der Waals surface area contributed by atoms with E-state index in [1.165, 1.54) is 42.3 Å². The van der Waals surface area contributed by atoms with Gasteiger partial charge in [-0.15, -0.1) is 0 Å². The third-order valence-electron chi connectivity index (χ3n) is 5.11. The molecule has 4 rings (SSSR count). The van der Waals surface area contributed by atoms with E-state index in [1.54, 1.807) is 6.07 Å². The van der Waals surface area contributed by atoms with Gasteiger partial charge in [0.2, 0.25) is 0 Å². The molecule has 0 fully saturated rings. The van der Waals surface area contributed by atoms with Gasteiger partial charge in [0, 0.05) is 11.3 Å². The molecule has 1 aromatic heterocycles. The first-order valence-electron chi connectivity index (χ1n) is 9.72. The van der Waals surface area contributed by atoms with Crippen LogP contribution in [0.2, 0.25) is 0 Å². The average Bonchev–Trinajstić information content (AvgIpc) is 2.73. The number of hydrogen-bond acceptors (Lipinski definition) is 2. The number of nitrogens with zero attached hydrogens (tertiary/aromatic N) is 1. The molecule has 154 valence electrons. The lowest BCUT2D eigenvalue weighted by Crippen LogP contribution is -2.20. The maximum absolute atomic E-state index is 12.8. The second-order valence-electron chi connectivity index (χ2n) is 7.28. The number of rotatable bonds is 3. The van der Waals surface area contributed by atoms with Crippen LogP contribution in [-0.2, 0) is 19.0 Å². The molecule has 1 aliphatic carbocycles. The van der Waals surface area contributed by atoms with Crippen molar-refractivity contribution < 1.29 is 18.0 Å². The van der Waals surface area contributed by atoms with Gasteiger partial charge in [0.05, 0.1) is 23.1 Å². The number of carbonyl (C=O) groups excluding carboxylic acids is 1. The molecule has 0 saturated heterocycles. The van der Waals surface area contributed by atoms with Gasteiger partial charge in [-0.2, -0.15) is 13.2 Å². The standard InChI is InChI=1S/C23H20F3N3O/c24-23(25,26)18-6-3-7-19(13-18)28-22(30)29-20-10-11-21(27-14-20)17-9-8-15-4-1-2-5-16(15)12-17/h3,6-14H,1-2,4-5H2,(H2,28,29,30). The molecule has 0 unspecified atom stereocenters. The van der Waals surface area contributed by atoms with Gasteiger partial charge in [-0.3, -0.25) is 4.98 Å². The summed E-state index contributed by atoms with van der Waals surface area (Å²) in [5.74, 6) is 0. The molecular formula is C23H20F3N3O. The third kappa shape index (κ3) is 4.62. The van der Waals surface area contributed by atoms with Crippen molar-refractivity contribution >= 4 is 17.4 Å². The Morgan fingerprint density at radius 3 is 2.37 bits per heavy atom. The van der Waals surface area contributed by atoms with Crippen LogP contribution < -0.4 is 10.6 Å². The quantitative estimate of drug-likeness (QED) is 0.532. The summed E-state index contributed by atoms with van der Waals surface area (Å²) in [5, 5.41) is 4.99. The molecular weight excluding hydrogens is 391 g/mol. The zero-order valence-electron chi connectivity index (χ0n) is 16.1. The largest absolute Gasteiger partial charge is 0.416 e. The van der Waals surface area contributed by atoms with Crippen LogP contribution in [-0.4, -0.2) is 11.0 Å². The number of urea groups is 1. The fourth-order valence-corrected chi connectivity index (χ4v) is 3.60. The van der Waals surface area contributed by atoms with Gasteiger partial charge in [0.15, 0.2) is 0 Å². The molecule has 0 bridgehead atoms. The van der Waals surface area contributed by atoms with E-state index < -0.39 is 17.8 Å². The Labute approximate surface area is 172 Å². The average molecular weight is 411 g/mol. The summed E-state index contributed by atoms with van der Waals surface area (Å²) in [7, 11) is 0. The minimum absolute atomic E-state index is 0.0564. The Morgan fingerprint density at radius 1 is 0.867 bits per heavy atom. The molecule has 1 aliphatic rings. The van der Waals surface area contributed by atoms with Gasteiger partial charge in [-0.05, 0) is 73.2 Å². The Bertz CT molecular complexity index is 1060. The van der Waals surface area contributed by atoms with Crippen LogP contribution >= 0.6 is 0 Å². The predicted octanol–water partition coefficient (Wildman–Crippen LogP) is 6.29. The number of hydrogen-bond donors (Lipinski definition) is 2. The van der Waals surface area contributed by atoms with Crippen molar-refractivity contribution in [2.24, 2.45) is 0 Å². The summed E-state index contributed by atoms with van der Waals surface area (Å²) in [6.45, 7) is 0. The van der Waals surface area contributed by atoms with E-state index >= 15 is 0 Å². The van der Waals surface area contributed by atoms with Crippen molar-refractivity contribution in [1.29, 1.82) is 0 Å². The van der Waals surface area contributed by atoms with Crippen LogP contribution in [0.15, 0.2) is 60.8 Å². The topological polar surface area (TPSA) is 54.0 Å². The molecule has 7 heteroatoms. The molecule has 0 radical (unpaired) electrons. The van der Waals surface area contributed by atoms with Crippen molar-refractivity contribution in [3.05, 3.63) is 77.5 Å². The van der Waals surface area contributed by atoms with E-state index in [1.807, 2.05) is 6.07 Å². The summed E-state index contributed by atoms with van der Waals surface area (Å²) < 4.78 is 38.4. The van der Waals surface area contributed by atoms with Crippen molar-refractivity contribution in [1.82, 2.24) is 4.98 Å². The summed E-state index contributed by atoms with van der Waals surface area (Å²) in [6.07, 6.45) is 1.69. The minimum atomic E-state index is -4.47. The number of benzene rings is 2. The molecule has 3 aromatic rings. The molecule has 30 heavy (non-hydrogen) atoms. The number of pyridine rings is 1. The number of halogens is 3. The van der Waals surface area contributed by atoms with Crippen LogP contribution in [0.4, 0.5) is 29.3 Å². The molecule has 2 aromatic carbocycles. The van der Waals surface area contributed by atoms with Crippen LogP contribution in [0.1, 0.15) is 29.5 Å². The highest BCUT2D eigenvalue weighted by molar-refractivity contribution is 5.99. The Balaban J connectivity index is 1.42. The van der Waals surface area contributed by atoms with Crippen molar-refractivity contribution in [3.63, 3.8) is 0 Å². The van der Waals surface area contributed by atoms with Crippen LogP contribution in [0, 0.1) is 0 Å². The number of amides is 2. The number of nitrogens with one attached hydrogen (secondary N) is 2. The molecule has 2 N–H and O–H groups in total. The number of aromatic nitrogens is 1. The number of fused-ring (bicyclic) bond motifs is 1. The zero-order chi connectivity index (χ0) is 21.1. The number of anilines is 2. The fourth-order valence-electron chi connectivity index (χ4n) is 3.60. The van der Waals surface area contributed by atoms with Crippen molar-refractivity contribution in [2.75, 3.05) is 10.6 Å². The van der Waals surface area contributed by atoms with E-state index in [0.717, 1.165) is 36.2 Å². The van der Waals surface area contributed by atoms with Gasteiger partial charge in [0.25, 0.3) is 0 Å². The van der Waals surface area contributed by atoms with Gasteiger partial charge in [-0.1, -0.05) is 18.2 Å². The maximum Gasteiger partial charge on any atom is 0.416 e. The molecule has 4 nitrogen and oxygen atoms in total. The third-order valence-corrected chi connectivity index (χ3v) is 5.11. The minimum Gasteiger partial charge on any atom is -0.308 e. The zero-order valence-corrected chi connectivity index (χ0v) is 16.1. The molecule has 0 aliphatic heterocycles. The highest BCUT2D eigenvalue weighted by Gasteiger charge is 2.30. The lowest BCUT2D eigenvalue weighted by molar-refractivity contribution is -0.137. The number of carbonyl (C=O) groups is 1. The predicted molar refractivity (Wildman–Crippen MR) is 110 cm³/mol. The first kappa shape index (κ1) is 19.9. The van der Waals surface area contributed by atoms with Gasteiger partial charge in [-0.25, -0.2) is 4.79 Å². The van der Waals surface area contributed by atoms with Crippen LogP contribution in [0.3, 0.4) is 0 Å². The normalized spacial score (nSPS) is 13.4. The Kier molecular flexibility index (Phi) is 5.44. The van der Waals surface area contributed by atoms with E-state index in [-0.39, 0.29) is 5.69 Å². The van der Waals surface area contributed by atoms with Crippen molar-refractivity contribution in [3.8, 4) is 11.3 Å². The second-order valence-corrected chi connectivity index (χ2v) is 7.28. The van der Waals surface area contributed by atoms with E-state index in [2.05, 4.69) is 33.8 Å². The molecule has 0 atom stereocenters. The molecule has 0 saturated carbocycles. The molecule has 0 spiro atoms. The number of alkyl halides is 3. The highest BCUT2D eigenvalue weighted by atomic mass is 19.4. The SMILES string of the molecule is O=C(Nc1ccc(-c2ccc3c(c2)CCCC3)nc1)Nc1cccc(C(F)(F)F)c1. The lowest BCUT2D eigenvalue weighted by Gasteiger charge is -2.16. The van der Waals surface area contributed by atoms with Gasteiger partial charge < -0.3 is 10.6 Å². The highest BCUT2D eigenvalue weighted by Crippen LogP contribution is 2.31. The smallest absolute Gasteiger partial charge is 0.308 e. The second kappa shape index (κ2) is 8.18. The summed E-state index contributed by atoms with van der Waals surface area (Å²) in [5.41, 5.74) is 4.26. The lowest BCUT2D eigenvalue weighted by atomic mass is 9.90. The fraction of sp³-hybridized carbons (Fsp3) is 0.217. The first-order valence-corrected chi connectivity index (χ1v) is 9.72. The molecule has 1 heterocycles. The Morgan fingerprint density at radius 2 is 1.63 bits per heavy atom. The maximum atomic E-state index is 12.8. The van der Waals surface area contributed by atoms with Gasteiger partial charge >= 0.3 is 12.2 Å².